The number of hydrogen-bond donors (Lipinski definition) is 0. The Morgan fingerprint density at radius 2 is 1.39 bits per heavy atom. The third-order valence-electron chi connectivity index (χ3n) is 8.90. The van der Waals surface area contributed by atoms with E-state index in [1.54, 1.807) is 28.6 Å². The second-order valence-corrected chi connectivity index (χ2v) is 14.5. The van der Waals surface area contributed by atoms with Crippen molar-refractivity contribution < 1.29 is 13.2 Å². The van der Waals surface area contributed by atoms with E-state index in [2.05, 4.69) is 47.0 Å². The first-order valence-electron chi connectivity index (χ1n) is 15.0. The molecule has 2 heterocycles. The maximum atomic E-state index is 13.6. The first-order chi connectivity index (χ1) is 21.3. The lowest BCUT2D eigenvalue weighted by atomic mass is 9.85. The number of methoxy groups -OCH3 is 1. The molecule has 1 saturated carbocycles. The largest absolute Gasteiger partial charge is 0.495 e. The van der Waals surface area contributed by atoms with Gasteiger partial charge in [-0.3, -0.25) is 0 Å². The van der Waals surface area contributed by atoms with Crippen LogP contribution in [0.25, 0.3) is 11.0 Å². The molecule has 0 spiro atoms. The van der Waals surface area contributed by atoms with Crippen LogP contribution in [0.4, 0.5) is 0 Å². The summed E-state index contributed by atoms with van der Waals surface area (Å²) in [6, 6.07) is 29.6. The van der Waals surface area contributed by atoms with Gasteiger partial charge < -0.3 is 9.30 Å². The molecule has 7 rings (SSSR count). The van der Waals surface area contributed by atoms with Crippen molar-refractivity contribution in [1.29, 1.82) is 0 Å². The maximum absolute atomic E-state index is 13.6. The van der Waals surface area contributed by atoms with Crippen molar-refractivity contribution in [1.82, 2.24) is 13.9 Å². The molecule has 0 N–H and O–H groups in total. The number of halogens is 2. The Balaban J connectivity index is 1.25. The molecular weight excluding hydrogens is 613 g/mol. The van der Waals surface area contributed by atoms with Crippen LogP contribution in [0.2, 0.25) is 10.0 Å². The number of para-hydroxylation sites is 1. The van der Waals surface area contributed by atoms with E-state index in [0.717, 1.165) is 46.4 Å². The van der Waals surface area contributed by atoms with Crippen molar-refractivity contribution in [3.8, 4) is 5.75 Å². The Morgan fingerprint density at radius 1 is 0.795 bits per heavy atom. The zero-order chi connectivity index (χ0) is 30.4. The topological polar surface area (TPSA) is 64.4 Å². The third-order valence-corrected chi connectivity index (χ3v) is 11.3. The fourth-order valence-corrected chi connectivity index (χ4v) is 8.40. The van der Waals surface area contributed by atoms with Gasteiger partial charge in [0, 0.05) is 41.0 Å². The lowest BCUT2D eigenvalue weighted by Gasteiger charge is -2.33. The quantitative estimate of drug-likeness (QED) is 0.159. The van der Waals surface area contributed by atoms with Crippen molar-refractivity contribution in [2.24, 2.45) is 0 Å². The molecule has 0 bridgehead atoms. The van der Waals surface area contributed by atoms with Crippen LogP contribution in [0.3, 0.4) is 0 Å². The fraction of sp³-hybridized carbons (Fsp3) is 0.286. The van der Waals surface area contributed by atoms with Crippen LogP contribution in [0.1, 0.15) is 66.1 Å². The van der Waals surface area contributed by atoms with Gasteiger partial charge in [-0.1, -0.05) is 65.7 Å². The molecule has 1 aliphatic carbocycles. The number of fused-ring (bicyclic) bond motifs is 1. The SMILES string of the molecule is COc1ccccc1S(=O)(=O)N1CCC(n2c(C3CC3)nc3ccc(C(c4ccc(Cl)cc4)c4ccc(Cl)cc4)cc32)CC1. The van der Waals surface area contributed by atoms with Crippen molar-refractivity contribution in [2.45, 2.75) is 48.5 Å². The van der Waals surface area contributed by atoms with Crippen molar-refractivity contribution in [3.05, 3.63) is 124 Å². The van der Waals surface area contributed by atoms with Crippen LogP contribution in [0.15, 0.2) is 95.9 Å². The van der Waals surface area contributed by atoms with Gasteiger partial charge in [-0.05, 0) is 90.9 Å². The van der Waals surface area contributed by atoms with Gasteiger partial charge in [0.1, 0.15) is 16.5 Å². The van der Waals surface area contributed by atoms with E-state index in [1.165, 1.54) is 7.11 Å². The minimum absolute atomic E-state index is 0.0190. The summed E-state index contributed by atoms with van der Waals surface area (Å²) in [5, 5.41) is 1.40. The van der Waals surface area contributed by atoms with E-state index in [0.29, 0.717) is 47.6 Å². The summed E-state index contributed by atoms with van der Waals surface area (Å²) in [4.78, 5) is 5.35. The maximum Gasteiger partial charge on any atom is 0.246 e. The minimum Gasteiger partial charge on any atom is -0.495 e. The van der Waals surface area contributed by atoms with E-state index in [-0.39, 0.29) is 16.9 Å². The molecule has 0 unspecified atom stereocenters. The molecule has 0 atom stereocenters. The number of ether oxygens (including phenoxy) is 1. The first kappa shape index (κ1) is 29.4. The summed E-state index contributed by atoms with van der Waals surface area (Å²) in [6.07, 6.45) is 3.69. The lowest BCUT2D eigenvalue weighted by Crippen LogP contribution is -2.39. The molecule has 44 heavy (non-hydrogen) atoms. The standard InChI is InChI=1S/C35H33Cl2N3O3S/c1-43-32-4-2-3-5-33(32)44(41,42)39-20-18-29(19-21-39)40-31-22-26(12-17-30(31)38-35(40)25-6-7-25)34(23-8-13-27(36)14-9-23)24-10-15-28(37)16-11-24/h2-5,8-17,22,25,29,34H,6-7,18-21H2,1H3. The highest BCUT2D eigenvalue weighted by Gasteiger charge is 2.36. The number of aromatic nitrogens is 2. The number of imidazole rings is 1. The van der Waals surface area contributed by atoms with Gasteiger partial charge in [0.2, 0.25) is 10.0 Å². The van der Waals surface area contributed by atoms with Gasteiger partial charge in [0.25, 0.3) is 0 Å². The van der Waals surface area contributed by atoms with Crippen LogP contribution in [0, 0.1) is 0 Å². The predicted molar refractivity (Wildman–Crippen MR) is 176 cm³/mol. The molecule has 2 aliphatic rings. The van der Waals surface area contributed by atoms with Crippen molar-refractivity contribution >= 4 is 44.3 Å². The van der Waals surface area contributed by atoms with Gasteiger partial charge >= 0.3 is 0 Å². The molecular formula is C35H33Cl2N3O3S. The normalized spacial score (nSPS) is 16.5. The number of nitrogens with zero attached hydrogens (tertiary/aromatic N) is 3. The fourth-order valence-electron chi connectivity index (χ4n) is 6.52. The number of rotatable bonds is 8. The van der Waals surface area contributed by atoms with E-state index in [9.17, 15) is 8.42 Å². The number of hydrogen-bond acceptors (Lipinski definition) is 4. The number of benzene rings is 4. The summed E-state index contributed by atoms with van der Waals surface area (Å²) in [7, 11) is -2.17. The van der Waals surface area contributed by atoms with Crippen molar-refractivity contribution in [2.75, 3.05) is 20.2 Å². The molecule has 9 heteroatoms. The molecule has 0 radical (unpaired) electrons. The molecule has 1 aliphatic heterocycles. The van der Waals surface area contributed by atoms with Crippen LogP contribution in [-0.2, 0) is 10.0 Å². The molecule has 1 aromatic heterocycles. The summed E-state index contributed by atoms with van der Waals surface area (Å²) in [5.41, 5.74) is 5.51. The molecule has 2 fully saturated rings. The zero-order valence-electron chi connectivity index (χ0n) is 24.4. The Bertz CT molecular complexity index is 1870. The summed E-state index contributed by atoms with van der Waals surface area (Å²) < 4.78 is 36.6. The van der Waals surface area contributed by atoms with E-state index < -0.39 is 10.0 Å². The summed E-state index contributed by atoms with van der Waals surface area (Å²) in [6.45, 7) is 0.874. The second kappa shape index (κ2) is 11.9. The van der Waals surface area contributed by atoms with Crippen LogP contribution in [-0.4, -0.2) is 42.5 Å². The Labute approximate surface area is 268 Å². The lowest BCUT2D eigenvalue weighted by molar-refractivity contribution is 0.273. The Hall–Kier alpha value is -3.36. The van der Waals surface area contributed by atoms with Crippen molar-refractivity contribution in [3.63, 3.8) is 0 Å². The van der Waals surface area contributed by atoms with E-state index in [4.69, 9.17) is 32.9 Å². The van der Waals surface area contributed by atoms with E-state index >= 15 is 0 Å². The zero-order valence-corrected chi connectivity index (χ0v) is 26.7. The Kier molecular flexibility index (Phi) is 7.91. The highest BCUT2D eigenvalue weighted by Crippen LogP contribution is 2.44. The van der Waals surface area contributed by atoms with E-state index in [1.807, 2.05) is 24.3 Å². The van der Waals surface area contributed by atoms with Crippen LogP contribution < -0.4 is 4.74 Å². The molecule has 226 valence electrons. The molecule has 0 amide bonds. The van der Waals surface area contributed by atoms with Gasteiger partial charge in [-0.25, -0.2) is 13.4 Å². The van der Waals surface area contributed by atoms with Gasteiger partial charge in [0.15, 0.2) is 0 Å². The highest BCUT2D eigenvalue weighted by molar-refractivity contribution is 7.89. The molecule has 4 aromatic carbocycles. The Morgan fingerprint density at radius 3 is 1.98 bits per heavy atom. The highest BCUT2D eigenvalue weighted by atomic mass is 35.5. The average molecular weight is 647 g/mol. The minimum atomic E-state index is -3.67. The smallest absolute Gasteiger partial charge is 0.246 e. The van der Waals surface area contributed by atoms with Gasteiger partial charge in [-0.15, -0.1) is 0 Å². The molecule has 6 nitrogen and oxygen atoms in total. The molecule has 1 saturated heterocycles. The first-order valence-corrected chi connectivity index (χ1v) is 17.2. The summed E-state index contributed by atoms with van der Waals surface area (Å²) >= 11 is 12.5. The molecule has 5 aromatic rings. The van der Waals surface area contributed by atoms with Crippen LogP contribution >= 0.6 is 23.2 Å². The predicted octanol–water partition coefficient (Wildman–Crippen LogP) is 8.44. The monoisotopic (exact) mass is 645 g/mol. The van der Waals surface area contributed by atoms with Gasteiger partial charge in [0.05, 0.1) is 18.1 Å². The number of sulfonamides is 1. The summed E-state index contributed by atoms with van der Waals surface area (Å²) in [5.74, 6) is 1.92. The second-order valence-electron chi connectivity index (χ2n) is 11.7. The average Bonchev–Trinajstić information content (AvgIpc) is 3.83. The number of piperidine rings is 1. The van der Waals surface area contributed by atoms with Gasteiger partial charge in [-0.2, -0.15) is 4.31 Å². The third kappa shape index (κ3) is 5.51. The van der Waals surface area contributed by atoms with Crippen LogP contribution in [0.5, 0.6) is 5.75 Å².